The predicted molar refractivity (Wildman–Crippen MR) is 343 cm³/mol. The second-order valence-corrected chi connectivity index (χ2v) is 24.6. The smallest absolute Gasteiger partial charge is 0.305 e. The lowest BCUT2D eigenvalue weighted by molar-refractivity contribution is -0.143. The zero-order valence-electron chi connectivity index (χ0n) is 52.9. The molecule has 0 aromatic heterocycles. The number of aliphatic hydroxyl groups excluding tert-OH is 2. The van der Waals surface area contributed by atoms with Gasteiger partial charge in [-0.05, 0) is 57.8 Å². The summed E-state index contributed by atoms with van der Waals surface area (Å²) >= 11 is 0. The van der Waals surface area contributed by atoms with Gasteiger partial charge in [-0.25, -0.2) is 0 Å². The van der Waals surface area contributed by atoms with E-state index in [1.165, 1.54) is 327 Å². The minimum Gasteiger partial charge on any atom is -0.466 e. The van der Waals surface area contributed by atoms with Crippen LogP contribution in [0, 0.1) is 0 Å². The fourth-order valence-electron chi connectivity index (χ4n) is 11.3. The third-order valence-electron chi connectivity index (χ3n) is 16.7. The van der Waals surface area contributed by atoms with Gasteiger partial charge < -0.3 is 20.3 Å². The van der Waals surface area contributed by atoms with Crippen LogP contribution < -0.4 is 5.32 Å². The monoisotopic (exact) mass is 1100 g/mol. The van der Waals surface area contributed by atoms with Crippen molar-refractivity contribution in [2.75, 3.05) is 13.2 Å². The van der Waals surface area contributed by atoms with Crippen molar-refractivity contribution in [3.8, 4) is 0 Å². The van der Waals surface area contributed by atoms with Crippen LogP contribution in [0.2, 0.25) is 0 Å². The van der Waals surface area contributed by atoms with Gasteiger partial charge in [-0.2, -0.15) is 0 Å². The van der Waals surface area contributed by atoms with Crippen LogP contribution in [0.3, 0.4) is 0 Å². The van der Waals surface area contributed by atoms with Crippen LogP contribution in [0.1, 0.15) is 399 Å². The van der Waals surface area contributed by atoms with Crippen LogP contribution in [0.4, 0.5) is 0 Å². The molecule has 0 bridgehead atoms. The van der Waals surface area contributed by atoms with Crippen molar-refractivity contribution in [1.82, 2.24) is 5.32 Å². The Labute approximate surface area is 488 Å². The number of carbonyl (C=O) groups excluding carboxylic acids is 2. The van der Waals surface area contributed by atoms with Gasteiger partial charge in [0.1, 0.15) is 0 Å². The Morgan fingerprint density at radius 2 is 0.603 bits per heavy atom. The number of unbranched alkanes of at least 4 members (excludes halogenated alkanes) is 54. The number of rotatable bonds is 67. The highest BCUT2D eigenvalue weighted by Crippen LogP contribution is 2.19. The molecule has 0 saturated heterocycles. The van der Waals surface area contributed by atoms with Crippen molar-refractivity contribution in [2.45, 2.75) is 411 Å². The molecule has 0 aromatic rings. The molecule has 3 N–H and O–H groups in total. The third-order valence-corrected chi connectivity index (χ3v) is 16.7. The normalized spacial score (nSPS) is 12.6. The van der Waals surface area contributed by atoms with Crippen LogP contribution in [0.25, 0.3) is 0 Å². The largest absolute Gasteiger partial charge is 0.466 e. The van der Waals surface area contributed by atoms with Gasteiger partial charge in [0.15, 0.2) is 0 Å². The zero-order valence-corrected chi connectivity index (χ0v) is 52.9. The summed E-state index contributed by atoms with van der Waals surface area (Å²) < 4.78 is 5.51. The van der Waals surface area contributed by atoms with Crippen molar-refractivity contribution in [3.05, 3.63) is 24.3 Å². The van der Waals surface area contributed by atoms with Gasteiger partial charge in [-0.3, -0.25) is 9.59 Å². The van der Waals surface area contributed by atoms with E-state index in [1.807, 2.05) is 6.08 Å². The van der Waals surface area contributed by atoms with Crippen LogP contribution in [0.5, 0.6) is 0 Å². The SMILES string of the molecule is CCCCCCCCC/C=C\CCCCCCCCCC(=O)OCCCCCCCCCCCCCCCCCCCCCCCCCCCCCCC(=O)NC(CO)C(O)/C=C/CCCCCCCCCCCCCCC. The van der Waals surface area contributed by atoms with E-state index in [0.29, 0.717) is 19.4 Å². The van der Waals surface area contributed by atoms with Crippen molar-refractivity contribution in [2.24, 2.45) is 0 Å². The van der Waals surface area contributed by atoms with Gasteiger partial charge in [0, 0.05) is 12.8 Å². The standard InChI is InChI=1S/C72H139NO5/c1-3-5-7-9-11-13-15-17-19-20-34-38-42-46-50-54-58-62-66-72(77)78-67-63-59-55-51-47-43-39-35-32-30-28-26-24-22-21-23-25-27-29-31-33-37-41-45-49-53-57-61-65-71(76)73-69(68-74)70(75)64-60-56-52-48-44-40-36-18-16-14-12-10-8-6-4-2/h19-20,60,64,69-70,74-75H,3-18,21-59,61-63,65-68H2,1-2H3,(H,73,76)/b20-19-,64-60+. The fourth-order valence-corrected chi connectivity index (χ4v) is 11.3. The maximum atomic E-state index is 12.5. The molecule has 0 aliphatic rings. The summed E-state index contributed by atoms with van der Waals surface area (Å²) in [5.41, 5.74) is 0. The molecular weight excluding hydrogens is 959 g/mol. The zero-order chi connectivity index (χ0) is 56.4. The summed E-state index contributed by atoms with van der Waals surface area (Å²) in [5, 5.41) is 23.2. The number of hydrogen-bond donors (Lipinski definition) is 3. The molecular formula is C72H139NO5. The van der Waals surface area contributed by atoms with Crippen molar-refractivity contribution < 1.29 is 24.5 Å². The molecule has 0 aromatic carbocycles. The highest BCUT2D eigenvalue weighted by Gasteiger charge is 2.18. The Hall–Kier alpha value is -1.66. The summed E-state index contributed by atoms with van der Waals surface area (Å²) in [6.45, 7) is 4.94. The molecule has 6 heteroatoms. The molecule has 0 heterocycles. The van der Waals surface area contributed by atoms with E-state index in [-0.39, 0.29) is 18.5 Å². The number of esters is 1. The first kappa shape index (κ1) is 76.3. The molecule has 0 fully saturated rings. The first-order valence-corrected chi connectivity index (χ1v) is 35.6. The molecule has 462 valence electrons. The number of ether oxygens (including phenoxy) is 1. The first-order chi connectivity index (χ1) is 38.5. The topological polar surface area (TPSA) is 95.9 Å². The first-order valence-electron chi connectivity index (χ1n) is 35.6. The Morgan fingerprint density at radius 1 is 0.346 bits per heavy atom. The van der Waals surface area contributed by atoms with Gasteiger partial charge in [0.25, 0.3) is 0 Å². The molecule has 0 spiro atoms. The number of carbonyl (C=O) groups is 2. The van der Waals surface area contributed by atoms with Crippen LogP contribution in [-0.2, 0) is 14.3 Å². The molecule has 0 aliphatic heterocycles. The molecule has 2 unspecified atom stereocenters. The molecule has 78 heavy (non-hydrogen) atoms. The van der Waals surface area contributed by atoms with E-state index >= 15 is 0 Å². The van der Waals surface area contributed by atoms with Crippen LogP contribution in [-0.4, -0.2) is 47.4 Å². The van der Waals surface area contributed by atoms with E-state index in [2.05, 4.69) is 31.3 Å². The van der Waals surface area contributed by atoms with E-state index in [1.54, 1.807) is 6.08 Å². The molecule has 0 aliphatic carbocycles. The minimum absolute atomic E-state index is 0.0162. The van der Waals surface area contributed by atoms with Crippen LogP contribution >= 0.6 is 0 Å². The Morgan fingerprint density at radius 3 is 0.910 bits per heavy atom. The summed E-state index contributed by atoms with van der Waals surface area (Å²) in [4.78, 5) is 24.6. The second-order valence-electron chi connectivity index (χ2n) is 24.6. The summed E-state index contributed by atoms with van der Waals surface area (Å²) in [7, 11) is 0. The average molecular weight is 1100 g/mol. The van der Waals surface area contributed by atoms with Gasteiger partial charge in [0.05, 0.1) is 25.4 Å². The summed E-state index contributed by atoms with van der Waals surface area (Å²) in [5.74, 6) is -0.0461. The van der Waals surface area contributed by atoms with Gasteiger partial charge >= 0.3 is 5.97 Å². The molecule has 2 atom stereocenters. The van der Waals surface area contributed by atoms with E-state index in [9.17, 15) is 19.8 Å². The fraction of sp³-hybridized carbons (Fsp3) is 0.917. The molecule has 6 nitrogen and oxygen atoms in total. The van der Waals surface area contributed by atoms with Gasteiger partial charge in [0.2, 0.25) is 5.91 Å². The Bertz CT molecular complexity index is 1220. The van der Waals surface area contributed by atoms with Gasteiger partial charge in [-0.15, -0.1) is 0 Å². The molecule has 0 rings (SSSR count). The molecule has 1 amide bonds. The van der Waals surface area contributed by atoms with Crippen molar-refractivity contribution in [1.29, 1.82) is 0 Å². The number of hydrogen-bond acceptors (Lipinski definition) is 5. The average Bonchev–Trinajstić information content (AvgIpc) is 3.44. The highest BCUT2D eigenvalue weighted by atomic mass is 16.5. The number of amides is 1. The summed E-state index contributed by atoms with van der Waals surface area (Å²) in [6.07, 6.45) is 85.5. The quantitative estimate of drug-likeness (QED) is 0.0320. The lowest BCUT2D eigenvalue weighted by Crippen LogP contribution is -2.45. The van der Waals surface area contributed by atoms with E-state index in [0.717, 1.165) is 44.9 Å². The molecule has 0 saturated carbocycles. The van der Waals surface area contributed by atoms with Crippen LogP contribution in [0.15, 0.2) is 24.3 Å². The number of allylic oxidation sites excluding steroid dienone is 3. The van der Waals surface area contributed by atoms with Gasteiger partial charge in [-0.1, -0.05) is 353 Å². The Balaban J connectivity index is 3.34. The maximum Gasteiger partial charge on any atom is 0.305 e. The summed E-state index contributed by atoms with van der Waals surface area (Å²) in [6, 6.07) is -0.625. The number of nitrogens with one attached hydrogen (secondary N) is 1. The van der Waals surface area contributed by atoms with E-state index < -0.39 is 12.1 Å². The minimum atomic E-state index is -0.842. The molecule has 0 radical (unpaired) electrons. The third kappa shape index (κ3) is 63.5. The maximum absolute atomic E-state index is 12.5. The lowest BCUT2D eigenvalue weighted by atomic mass is 10.0. The Kier molecular flexibility index (Phi) is 66.4. The second kappa shape index (κ2) is 67.8. The number of aliphatic hydroxyl groups is 2. The predicted octanol–water partition coefficient (Wildman–Crippen LogP) is 22.9. The van der Waals surface area contributed by atoms with E-state index in [4.69, 9.17) is 4.74 Å². The highest BCUT2D eigenvalue weighted by molar-refractivity contribution is 5.76. The van der Waals surface area contributed by atoms with Crippen molar-refractivity contribution >= 4 is 11.9 Å². The lowest BCUT2D eigenvalue weighted by Gasteiger charge is -2.20. The van der Waals surface area contributed by atoms with Crippen molar-refractivity contribution in [3.63, 3.8) is 0 Å².